The SMILES string of the molecule is OCC(c1ccc(Cl)cc1Cl)n1ccnc1. The minimum absolute atomic E-state index is 0.0439. The molecule has 2 rings (SSSR count). The number of nitrogens with zero attached hydrogens (tertiary/aromatic N) is 2. The van der Waals surface area contributed by atoms with E-state index in [0.29, 0.717) is 10.0 Å². The number of imidazole rings is 1. The van der Waals surface area contributed by atoms with Crippen LogP contribution in [0.5, 0.6) is 0 Å². The van der Waals surface area contributed by atoms with Gasteiger partial charge in [0.15, 0.2) is 0 Å². The van der Waals surface area contributed by atoms with Crippen molar-refractivity contribution in [2.45, 2.75) is 6.04 Å². The fourth-order valence-corrected chi connectivity index (χ4v) is 2.11. The van der Waals surface area contributed by atoms with Gasteiger partial charge in [0.2, 0.25) is 0 Å². The first-order chi connectivity index (χ1) is 7.72. The van der Waals surface area contributed by atoms with Crippen molar-refractivity contribution in [1.82, 2.24) is 9.55 Å². The van der Waals surface area contributed by atoms with Crippen molar-refractivity contribution in [3.05, 3.63) is 52.5 Å². The van der Waals surface area contributed by atoms with Gasteiger partial charge in [0.25, 0.3) is 0 Å². The van der Waals surface area contributed by atoms with E-state index < -0.39 is 0 Å². The molecule has 0 aliphatic rings. The molecular formula is C11H10Cl2N2O. The smallest absolute Gasteiger partial charge is 0.0952 e. The predicted octanol–water partition coefficient (Wildman–Crippen LogP) is 2.77. The molecule has 84 valence electrons. The summed E-state index contributed by atoms with van der Waals surface area (Å²) in [6, 6.07) is 5.00. The normalized spacial score (nSPS) is 12.7. The van der Waals surface area contributed by atoms with Crippen molar-refractivity contribution in [3.8, 4) is 0 Å². The number of aliphatic hydroxyl groups is 1. The van der Waals surface area contributed by atoms with Crippen LogP contribution in [0.15, 0.2) is 36.9 Å². The first-order valence-corrected chi connectivity index (χ1v) is 5.51. The highest BCUT2D eigenvalue weighted by atomic mass is 35.5. The van der Waals surface area contributed by atoms with Crippen LogP contribution in [0.1, 0.15) is 11.6 Å². The zero-order chi connectivity index (χ0) is 11.5. The topological polar surface area (TPSA) is 38.0 Å². The zero-order valence-corrected chi connectivity index (χ0v) is 9.86. The molecule has 0 bridgehead atoms. The first-order valence-electron chi connectivity index (χ1n) is 4.75. The van der Waals surface area contributed by atoms with E-state index in [-0.39, 0.29) is 12.6 Å². The van der Waals surface area contributed by atoms with E-state index in [1.165, 1.54) is 0 Å². The quantitative estimate of drug-likeness (QED) is 0.918. The number of rotatable bonds is 3. The Morgan fingerprint density at radius 2 is 2.19 bits per heavy atom. The van der Waals surface area contributed by atoms with E-state index in [1.807, 2.05) is 6.07 Å². The molecular weight excluding hydrogens is 247 g/mol. The number of hydrogen-bond donors (Lipinski definition) is 1. The second-order valence-corrected chi connectivity index (χ2v) is 4.22. The molecule has 0 aliphatic carbocycles. The van der Waals surface area contributed by atoms with Crippen molar-refractivity contribution >= 4 is 23.2 Å². The van der Waals surface area contributed by atoms with Crippen LogP contribution in [0, 0.1) is 0 Å². The Morgan fingerprint density at radius 1 is 1.38 bits per heavy atom. The Balaban J connectivity index is 2.41. The van der Waals surface area contributed by atoms with E-state index in [2.05, 4.69) is 4.98 Å². The fourth-order valence-electron chi connectivity index (χ4n) is 1.58. The van der Waals surface area contributed by atoms with Crippen LogP contribution < -0.4 is 0 Å². The van der Waals surface area contributed by atoms with Crippen molar-refractivity contribution < 1.29 is 5.11 Å². The third-order valence-electron chi connectivity index (χ3n) is 2.38. The summed E-state index contributed by atoms with van der Waals surface area (Å²) in [5.41, 5.74) is 0.826. The van der Waals surface area contributed by atoms with Crippen LogP contribution in [-0.4, -0.2) is 21.3 Å². The number of hydrogen-bond acceptors (Lipinski definition) is 2. The minimum atomic E-state index is -0.229. The summed E-state index contributed by atoms with van der Waals surface area (Å²) in [4.78, 5) is 3.95. The van der Waals surface area contributed by atoms with E-state index in [1.54, 1.807) is 35.4 Å². The second-order valence-electron chi connectivity index (χ2n) is 3.37. The molecule has 16 heavy (non-hydrogen) atoms. The van der Waals surface area contributed by atoms with Crippen LogP contribution in [-0.2, 0) is 0 Å². The largest absolute Gasteiger partial charge is 0.394 e. The number of aromatic nitrogens is 2. The molecule has 0 spiro atoms. The molecule has 0 amide bonds. The van der Waals surface area contributed by atoms with Gasteiger partial charge in [-0.15, -0.1) is 0 Å². The van der Waals surface area contributed by atoms with Crippen LogP contribution in [0.4, 0.5) is 0 Å². The highest BCUT2D eigenvalue weighted by Crippen LogP contribution is 2.28. The van der Waals surface area contributed by atoms with Crippen molar-refractivity contribution in [2.75, 3.05) is 6.61 Å². The molecule has 2 aromatic rings. The van der Waals surface area contributed by atoms with Crippen LogP contribution in [0.3, 0.4) is 0 Å². The van der Waals surface area contributed by atoms with E-state index in [9.17, 15) is 5.11 Å². The molecule has 1 aromatic carbocycles. The molecule has 5 heteroatoms. The maximum Gasteiger partial charge on any atom is 0.0952 e. The second kappa shape index (κ2) is 4.87. The van der Waals surface area contributed by atoms with Gasteiger partial charge >= 0.3 is 0 Å². The minimum Gasteiger partial charge on any atom is -0.394 e. The van der Waals surface area contributed by atoms with Gasteiger partial charge in [-0.25, -0.2) is 4.98 Å². The molecule has 3 nitrogen and oxygen atoms in total. The van der Waals surface area contributed by atoms with Crippen LogP contribution in [0.25, 0.3) is 0 Å². The number of benzene rings is 1. The van der Waals surface area contributed by atoms with Gasteiger partial charge in [-0.3, -0.25) is 0 Å². The molecule has 1 unspecified atom stereocenters. The predicted molar refractivity (Wildman–Crippen MR) is 63.9 cm³/mol. The van der Waals surface area contributed by atoms with Crippen molar-refractivity contribution in [2.24, 2.45) is 0 Å². The van der Waals surface area contributed by atoms with E-state index >= 15 is 0 Å². The highest BCUT2D eigenvalue weighted by molar-refractivity contribution is 6.35. The molecule has 0 saturated heterocycles. The van der Waals surface area contributed by atoms with Gasteiger partial charge < -0.3 is 9.67 Å². The number of halogens is 2. The molecule has 1 heterocycles. The maximum absolute atomic E-state index is 9.40. The molecule has 0 aliphatic heterocycles. The third kappa shape index (κ3) is 2.21. The van der Waals surface area contributed by atoms with Gasteiger partial charge in [-0.1, -0.05) is 29.3 Å². The van der Waals surface area contributed by atoms with Gasteiger partial charge in [0, 0.05) is 22.4 Å². The maximum atomic E-state index is 9.40. The van der Waals surface area contributed by atoms with Crippen molar-refractivity contribution in [3.63, 3.8) is 0 Å². The fraction of sp³-hybridized carbons (Fsp3) is 0.182. The Bertz CT molecular complexity index is 471. The summed E-state index contributed by atoms with van der Waals surface area (Å²) in [5, 5.41) is 10.5. The Kier molecular flexibility index (Phi) is 3.49. The molecule has 0 fully saturated rings. The molecule has 0 saturated carbocycles. The summed E-state index contributed by atoms with van der Waals surface area (Å²) in [6.07, 6.45) is 5.09. The lowest BCUT2D eigenvalue weighted by Gasteiger charge is -2.17. The zero-order valence-electron chi connectivity index (χ0n) is 8.35. The van der Waals surface area contributed by atoms with Gasteiger partial charge in [0.05, 0.1) is 19.0 Å². The molecule has 0 radical (unpaired) electrons. The standard InChI is InChI=1S/C11H10Cl2N2O/c12-8-1-2-9(10(13)5-8)11(6-16)15-4-3-14-7-15/h1-5,7,11,16H,6H2. The first kappa shape index (κ1) is 11.5. The Hall–Kier alpha value is -1.03. The molecule has 1 atom stereocenters. The van der Waals surface area contributed by atoms with E-state index in [4.69, 9.17) is 23.2 Å². The Morgan fingerprint density at radius 3 is 2.75 bits per heavy atom. The average Bonchev–Trinajstić information content (AvgIpc) is 2.75. The van der Waals surface area contributed by atoms with Gasteiger partial charge in [0.1, 0.15) is 0 Å². The molecule has 1 N–H and O–H groups in total. The lowest BCUT2D eigenvalue weighted by Crippen LogP contribution is -2.13. The summed E-state index contributed by atoms with van der Waals surface area (Å²) in [5.74, 6) is 0. The average molecular weight is 257 g/mol. The van der Waals surface area contributed by atoms with Crippen LogP contribution in [0.2, 0.25) is 10.0 Å². The lowest BCUT2D eigenvalue weighted by molar-refractivity contribution is 0.249. The third-order valence-corrected chi connectivity index (χ3v) is 2.94. The highest BCUT2D eigenvalue weighted by Gasteiger charge is 2.15. The lowest BCUT2D eigenvalue weighted by atomic mass is 10.1. The van der Waals surface area contributed by atoms with Crippen LogP contribution >= 0.6 is 23.2 Å². The molecule has 1 aromatic heterocycles. The van der Waals surface area contributed by atoms with Gasteiger partial charge in [-0.2, -0.15) is 0 Å². The van der Waals surface area contributed by atoms with E-state index in [0.717, 1.165) is 5.56 Å². The van der Waals surface area contributed by atoms with Crippen molar-refractivity contribution in [1.29, 1.82) is 0 Å². The monoisotopic (exact) mass is 256 g/mol. The summed E-state index contributed by atoms with van der Waals surface area (Å²) in [6.45, 7) is -0.0439. The summed E-state index contributed by atoms with van der Waals surface area (Å²) < 4.78 is 1.80. The number of aliphatic hydroxyl groups excluding tert-OH is 1. The summed E-state index contributed by atoms with van der Waals surface area (Å²) in [7, 11) is 0. The summed E-state index contributed by atoms with van der Waals surface area (Å²) >= 11 is 11.9. The Labute approximate surface area is 103 Å². The van der Waals surface area contributed by atoms with Gasteiger partial charge in [-0.05, 0) is 17.7 Å².